The first-order valence-electron chi connectivity index (χ1n) is 14.5. The molecule has 0 aliphatic heterocycles. The smallest absolute Gasteiger partial charge is 0.389 e. The van der Waals surface area contributed by atoms with E-state index in [2.05, 4.69) is 13.2 Å². The summed E-state index contributed by atoms with van der Waals surface area (Å²) in [5.74, 6) is -0.962. The topological polar surface area (TPSA) is 112 Å². The lowest BCUT2D eigenvalue weighted by Gasteiger charge is -2.13. The molecule has 3 aromatic rings. The number of ether oxygens (including phenoxy) is 4. The molecule has 0 saturated heterocycles. The Labute approximate surface area is 265 Å². The maximum atomic E-state index is 12.3. The Hall–Kier alpha value is -4.61. The highest BCUT2D eigenvalue weighted by atomic mass is 19.4. The number of carbonyl (C=O) groups is 2. The van der Waals surface area contributed by atoms with Gasteiger partial charge in [0.1, 0.15) is 11.5 Å². The summed E-state index contributed by atoms with van der Waals surface area (Å²) >= 11 is 0. The third-order valence-electron chi connectivity index (χ3n) is 6.85. The van der Waals surface area contributed by atoms with Gasteiger partial charge in [0.15, 0.2) is 0 Å². The van der Waals surface area contributed by atoms with E-state index in [-0.39, 0.29) is 17.6 Å². The van der Waals surface area contributed by atoms with Crippen molar-refractivity contribution in [2.75, 3.05) is 26.8 Å². The number of aliphatic hydroxyl groups is 2. The third-order valence-corrected chi connectivity index (χ3v) is 6.85. The molecule has 46 heavy (non-hydrogen) atoms. The van der Waals surface area contributed by atoms with E-state index in [0.717, 1.165) is 27.8 Å². The summed E-state index contributed by atoms with van der Waals surface area (Å²) in [6.45, 7) is 4.83. The van der Waals surface area contributed by atoms with Gasteiger partial charge in [-0.05, 0) is 72.1 Å². The summed E-state index contributed by atoms with van der Waals surface area (Å²) in [7, 11) is 0. The van der Waals surface area contributed by atoms with E-state index in [1.54, 1.807) is 12.1 Å². The zero-order valence-electron chi connectivity index (χ0n) is 25.3. The van der Waals surface area contributed by atoms with Gasteiger partial charge in [0.2, 0.25) is 13.6 Å². The molecule has 3 aromatic carbocycles. The highest BCUT2D eigenvalue weighted by molar-refractivity contribution is 5.88. The molecule has 11 heteroatoms. The van der Waals surface area contributed by atoms with E-state index in [4.69, 9.17) is 29.2 Å². The second-order valence-corrected chi connectivity index (χ2v) is 10.4. The Morgan fingerprint density at radius 3 is 1.50 bits per heavy atom. The molecule has 0 heterocycles. The van der Waals surface area contributed by atoms with Gasteiger partial charge in [0.25, 0.3) is 0 Å². The molecule has 0 unspecified atom stereocenters. The summed E-state index contributed by atoms with van der Waals surface area (Å²) in [5, 5.41) is 18.0. The molecule has 0 aliphatic carbocycles. The largest absolute Gasteiger partial charge is 0.457 e. The second kappa shape index (κ2) is 17.8. The van der Waals surface area contributed by atoms with Crippen molar-refractivity contribution < 1.29 is 51.9 Å². The first kappa shape index (κ1) is 35.9. The van der Waals surface area contributed by atoms with E-state index < -0.39 is 51.3 Å². The van der Waals surface area contributed by atoms with Crippen LogP contribution in [0, 0.1) is 0 Å². The third kappa shape index (κ3) is 12.4. The number of halogens is 3. The van der Waals surface area contributed by atoms with Gasteiger partial charge in [0, 0.05) is 12.5 Å². The molecule has 0 fully saturated rings. The maximum absolute atomic E-state index is 12.3. The molecule has 8 nitrogen and oxygen atoms in total. The first-order chi connectivity index (χ1) is 22.0. The fourth-order valence-electron chi connectivity index (χ4n) is 4.25. The van der Waals surface area contributed by atoms with Gasteiger partial charge in [0.05, 0.1) is 24.4 Å². The van der Waals surface area contributed by atoms with Gasteiger partial charge in [-0.3, -0.25) is 0 Å². The summed E-state index contributed by atoms with van der Waals surface area (Å²) in [6.07, 6.45) is -2.42. The molecule has 0 aliphatic rings. The number of carbonyl (C=O) groups excluding carboxylic acids is 2. The van der Waals surface area contributed by atoms with E-state index >= 15 is 0 Å². The number of aliphatic hydroxyl groups excluding tert-OH is 2. The molecule has 0 radical (unpaired) electrons. The molecule has 0 aromatic heterocycles. The van der Waals surface area contributed by atoms with Gasteiger partial charge in [-0.15, -0.1) is 0 Å². The fourth-order valence-corrected chi connectivity index (χ4v) is 4.25. The number of unbranched alkanes of at least 4 members (excludes halogenated alkanes) is 1. The minimum Gasteiger partial charge on any atom is -0.457 e. The number of alkyl halides is 3. The summed E-state index contributed by atoms with van der Waals surface area (Å²) in [4.78, 5) is 23.5. The van der Waals surface area contributed by atoms with E-state index in [9.17, 15) is 22.8 Å². The average Bonchev–Trinajstić information content (AvgIpc) is 3.05. The van der Waals surface area contributed by atoms with Crippen molar-refractivity contribution in [2.24, 2.45) is 0 Å². The molecular weight excluding hydrogens is 605 g/mol. The summed E-state index contributed by atoms with van der Waals surface area (Å²) in [6, 6.07) is 20.9. The summed E-state index contributed by atoms with van der Waals surface area (Å²) < 4.78 is 58.0. The second-order valence-electron chi connectivity index (χ2n) is 10.4. The standard InChI is InChI=1S/C35H37F3O8/c1-24(20-39)33(41)45-22-43-31-17-28(18-32(19-31)44-23-46-34(42)25(2)21-40)7-6-27-10-14-30(15-11-27)29-12-8-26(9-13-29)5-3-4-16-35(36,37)38/h8-15,17-19,39-40H,1-7,16,20-23H2. The normalized spacial score (nSPS) is 11.1. The van der Waals surface area contributed by atoms with Crippen molar-refractivity contribution in [1.82, 2.24) is 0 Å². The van der Waals surface area contributed by atoms with Crippen LogP contribution in [0.3, 0.4) is 0 Å². The zero-order valence-corrected chi connectivity index (χ0v) is 25.3. The van der Waals surface area contributed by atoms with Gasteiger partial charge in [-0.2, -0.15) is 13.2 Å². The lowest BCUT2D eigenvalue weighted by atomic mass is 9.98. The molecule has 246 valence electrons. The van der Waals surface area contributed by atoms with Crippen LogP contribution >= 0.6 is 0 Å². The highest BCUT2D eigenvalue weighted by Gasteiger charge is 2.25. The van der Waals surface area contributed by atoms with Gasteiger partial charge < -0.3 is 29.2 Å². The molecule has 0 atom stereocenters. The van der Waals surface area contributed by atoms with Gasteiger partial charge in [-0.25, -0.2) is 9.59 Å². The average molecular weight is 643 g/mol. The minimum absolute atomic E-state index is 0.117. The first-order valence-corrected chi connectivity index (χ1v) is 14.5. The molecule has 0 spiro atoms. The number of hydrogen-bond donors (Lipinski definition) is 2. The number of rotatable bonds is 18. The van der Waals surface area contributed by atoms with Crippen molar-refractivity contribution in [3.05, 3.63) is 108 Å². The number of aryl methyl sites for hydroxylation is 3. The lowest BCUT2D eigenvalue weighted by molar-refractivity contribution is -0.146. The molecular formula is C35H37F3O8. The van der Waals surface area contributed by atoms with Crippen LogP contribution < -0.4 is 9.47 Å². The van der Waals surface area contributed by atoms with E-state index in [0.29, 0.717) is 37.2 Å². The van der Waals surface area contributed by atoms with Crippen LogP contribution in [-0.4, -0.2) is 55.1 Å². The Morgan fingerprint density at radius 2 is 1.07 bits per heavy atom. The van der Waals surface area contributed by atoms with Crippen molar-refractivity contribution in [1.29, 1.82) is 0 Å². The quantitative estimate of drug-likeness (QED) is 0.0723. The number of benzene rings is 3. The Kier molecular flexibility index (Phi) is 13.9. The fraction of sp³-hybridized carbons (Fsp3) is 0.314. The van der Waals surface area contributed by atoms with Gasteiger partial charge >= 0.3 is 18.1 Å². The zero-order chi connectivity index (χ0) is 33.5. The number of esters is 2. The van der Waals surface area contributed by atoms with Crippen LogP contribution in [0.1, 0.15) is 36.0 Å². The Bertz CT molecular complexity index is 1410. The van der Waals surface area contributed by atoms with Crippen LogP contribution in [0.25, 0.3) is 11.1 Å². The predicted molar refractivity (Wildman–Crippen MR) is 165 cm³/mol. The highest BCUT2D eigenvalue weighted by Crippen LogP contribution is 2.26. The predicted octanol–water partition coefficient (Wildman–Crippen LogP) is 6.27. The van der Waals surface area contributed by atoms with Crippen LogP contribution in [-0.2, 0) is 38.3 Å². The lowest BCUT2D eigenvalue weighted by Crippen LogP contribution is -2.14. The number of hydrogen-bond acceptors (Lipinski definition) is 8. The monoisotopic (exact) mass is 642 g/mol. The molecule has 2 N–H and O–H groups in total. The van der Waals surface area contributed by atoms with Crippen molar-refractivity contribution in [3.8, 4) is 22.6 Å². The van der Waals surface area contributed by atoms with Gasteiger partial charge in [-0.1, -0.05) is 61.7 Å². The van der Waals surface area contributed by atoms with Crippen LogP contribution in [0.4, 0.5) is 13.2 Å². The van der Waals surface area contributed by atoms with Crippen molar-refractivity contribution in [3.63, 3.8) is 0 Å². The molecule has 0 saturated carbocycles. The van der Waals surface area contributed by atoms with Crippen molar-refractivity contribution in [2.45, 2.75) is 44.7 Å². The maximum Gasteiger partial charge on any atom is 0.389 e. The summed E-state index contributed by atoms with van der Waals surface area (Å²) in [5.41, 5.74) is 4.66. The Morgan fingerprint density at radius 1 is 0.630 bits per heavy atom. The molecule has 0 amide bonds. The SMILES string of the molecule is C=C(CO)C(=O)OCOc1cc(CCc2ccc(-c3ccc(CCCCC(F)(F)F)cc3)cc2)cc(OCOC(=O)C(=C)CO)c1. The van der Waals surface area contributed by atoms with E-state index in [1.165, 1.54) is 6.07 Å². The van der Waals surface area contributed by atoms with E-state index in [1.807, 2.05) is 48.5 Å². The van der Waals surface area contributed by atoms with Crippen molar-refractivity contribution >= 4 is 11.9 Å². The molecule has 0 bridgehead atoms. The Balaban J connectivity index is 1.60. The molecule has 3 rings (SSSR count). The van der Waals surface area contributed by atoms with Crippen LogP contribution in [0.2, 0.25) is 0 Å². The van der Waals surface area contributed by atoms with Crippen LogP contribution in [0.5, 0.6) is 11.5 Å². The van der Waals surface area contributed by atoms with Crippen LogP contribution in [0.15, 0.2) is 91.0 Å². The minimum atomic E-state index is -4.11.